The van der Waals surface area contributed by atoms with Gasteiger partial charge in [-0.15, -0.1) is 0 Å². The lowest BCUT2D eigenvalue weighted by molar-refractivity contribution is 0.609. The molecule has 0 aliphatic carbocycles. The van der Waals surface area contributed by atoms with Crippen LogP contribution in [0.5, 0.6) is 0 Å². The summed E-state index contributed by atoms with van der Waals surface area (Å²) in [7, 11) is 0. The molecule has 1 N–H and O–H groups in total. The molecule has 82 valence electrons. The first-order valence-electron chi connectivity index (χ1n) is 5.38. The monoisotopic (exact) mass is 225 g/mol. The summed E-state index contributed by atoms with van der Waals surface area (Å²) in [6.07, 6.45) is 2.84. The number of hydrogen-bond acceptors (Lipinski definition) is 3. The van der Waals surface area contributed by atoms with Crippen LogP contribution in [0.3, 0.4) is 0 Å². The molecule has 0 radical (unpaired) electrons. The molecule has 0 fully saturated rings. The molecule has 1 atom stereocenters. The molecule has 0 aromatic carbocycles. The van der Waals surface area contributed by atoms with Crippen LogP contribution in [0.2, 0.25) is 5.02 Å². The van der Waals surface area contributed by atoms with E-state index < -0.39 is 0 Å². The lowest BCUT2D eigenvalue weighted by Gasteiger charge is -2.35. The summed E-state index contributed by atoms with van der Waals surface area (Å²) in [6, 6.07) is 2.47. The Kier molecular flexibility index (Phi) is 3.00. The number of nitrogens with one attached hydrogen (secondary N) is 1. The van der Waals surface area contributed by atoms with Crippen molar-refractivity contribution in [1.82, 2.24) is 4.98 Å². The van der Waals surface area contributed by atoms with Crippen molar-refractivity contribution in [2.24, 2.45) is 0 Å². The number of nitrogens with zero attached hydrogens (tertiary/aromatic N) is 2. The Bertz CT molecular complexity index is 354. The molecule has 2 rings (SSSR count). The van der Waals surface area contributed by atoms with Crippen molar-refractivity contribution < 1.29 is 0 Å². The summed E-state index contributed by atoms with van der Waals surface area (Å²) in [5, 5.41) is 4.01. The largest absolute Gasteiger partial charge is 0.380 e. The fourth-order valence-corrected chi connectivity index (χ4v) is 2.02. The van der Waals surface area contributed by atoms with E-state index in [0.29, 0.717) is 11.1 Å². The number of hydrogen-bond donors (Lipinski definition) is 1. The average Bonchev–Trinajstić information content (AvgIpc) is 2.26. The van der Waals surface area contributed by atoms with E-state index in [-0.39, 0.29) is 0 Å². The minimum Gasteiger partial charge on any atom is -0.380 e. The number of aromatic nitrogens is 1. The molecule has 1 aliphatic heterocycles. The van der Waals surface area contributed by atoms with Crippen LogP contribution in [0.25, 0.3) is 0 Å². The summed E-state index contributed by atoms with van der Waals surface area (Å²) in [5.74, 6) is 1.03. The third kappa shape index (κ3) is 2.02. The molecule has 1 aliphatic rings. The Morgan fingerprint density at radius 1 is 1.67 bits per heavy atom. The van der Waals surface area contributed by atoms with E-state index in [1.165, 1.54) is 0 Å². The summed E-state index contributed by atoms with van der Waals surface area (Å²) in [5.41, 5.74) is 1.05. The number of fused-ring (bicyclic) bond motifs is 1. The van der Waals surface area contributed by atoms with Gasteiger partial charge in [-0.2, -0.15) is 0 Å². The van der Waals surface area contributed by atoms with Crippen LogP contribution in [0.1, 0.15) is 20.3 Å². The van der Waals surface area contributed by atoms with E-state index in [2.05, 4.69) is 29.0 Å². The van der Waals surface area contributed by atoms with Crippen LogP contribution in [0.15, 0.2) is 12.3 Å². The van der Waals surface area contributed by atoms with E-state index in [0.717, 1.165) is 31.0 Å². The fourth-order valence-electron chi connectivity index (χ4n) is 1.86. The predicted molar refractivity (Wildman–Crippen MR) is 64.8 cm³/mol. The SMILES string of the molecule is CCC(C)N1CCNc2cc(Cl)cnc21. The zero-order chi connectivity index (χ0) is 10.8. The van der Waals surface area contributed by atoms with E-state index in [1.54, 1.807) is 6.20 Å². The Morgan fingerprint density at radius 2 is 2.47 bits per heavy atom. The highest BCUT2D eigenvalue weighted by molar-refractivity contribution is 6.30. The second-order valence-electron chi connectivity index (χ2n) is 3.90. The van der Waals surface area contributed by atoms with Gasteiger partial charge in [0.1, 0.15) is 0 Å². The van der Waals surface area contributed by atoms with Crippen LogP contribution in [-0.2, 0) is 0 Å². The van der Waals surface area contributed by atoms with E-state index in [4.69, 9.17) is 11.6 Å². The molecule has 3 nitrogen and oxygen atoms in total. The van der Waals surface area contributed by atoms with Gasteiger partial charge < -0.3 is 10.2 Å². The van der Waals surface area contributed by atoms with Gasteiger partial charge in [0.05, 0.1) is 10.7 Å². The van der Waals surface area contributed by atoms with Crippen LogP contribution in [0.4, 0.5) is 11.5 Å². The van der Waals surface area contributed by atoms with Gasteiger partial charge in [-0.25, -0.2) is 4.98 Å². The number of halogens is 1. The van der Waals surface area contributed by atoms with Crippen molar-refractivity contribution >= 4 is 23.1 Å². The van der Waals surface area contributed by atoms with Crippen molar-refractivity contribution in [2.45, 2.75) is 26.3 Å². The highest BCUT2D eigenvalue weighted by atomic mass is 35.5. The van der Waals surface area contributed by atoms with Crippen LogP contribution < -0.4 is 10.2 Å². The normalized spacial score (nSPS) is 16.9. The second-order valence-corrected chi connectivity index (χ2v) is 4.34. The molecule has 1 unspecified atom stereocenters. The van der Waals surface area contributed by atoms with Gasteiger partial charge in [0.2, 0.25) is 0 Å². The van der Waals surface area contributed by atoms with Crippen LogP contribution in [-0.4, -0.2) is 24.1 Å². The van der Waals surface area contributed by atoms with E-state index in [1.807, 2.05) is 6.07 Å². The number of pyridine rings is 1. The first-order chi connectivity index (χ1) is 7.22. The summed E-state index contributed by atoms with van der Waals surface area (Å²) in [4.78, 5) is 6.74. The molecule has 2 heterocycles. The molecule has 4 heteroatoms. The summed E-state index contributed by atoms with van der Waals surface area (Å²) in [6.45, 7) is 6.39. The van der Waals surface area contributed by atoms with Gasteiger partial charge in [0.25, 0.3) is 0 Å². The Balaban J connectivity index is 2.34. The minimum atomic E-state index is 0.527. The van der Waals surface area contributed by atoms with Gasteiger partial charge in [0.15, 0.2) is 5.82 Å². The quantitative estimate of drug-likeness (QED) is 0.839. The van der Waals surface area contributed by atoms with Crippen molar-refractivity contribution in [3.63, 3.8) is 0 Å². The van der Waals surface area contributed by atoms with Gasteiger partial charge in [-0.1, -0.05) is 18.5 Å². The molecular formula is C11H16ClN3. The van der Waals surface area contributed by atoms with Gasteiger partial charge in [-0.3, -0.25) is 0 Å². The Labute approximate surface area is 95.4 Å². The lowest BCUT2D eigenvalue weighted by atomic mass is 10.2. The van der Waals surface area contributed by atoms with Crippen LogP contribution >= 0.6 is 11.6 Å². The molecular weight excluding hydrogens is 210 g/mol. The zero-order valence-electron chi connectivity index (χ0n) is 9.13. The standard InChI is InChI=1S/C11H16ClN3/c1-3-8(2)15-5-4-13-10-6-9(12)7-14-11(10)15/h6-8,13H,3-5H2,1-2H3. The molecule has 15 heavy (non-hydrogen) atoms. The maximum absolute atomic E-state index is 5.92. The van der Waals surface area contributed by atoms with Crippen molar-refractivity contribution in [2.75, 3.05) is 23.3 Å². The lowest BCUT2D eigenvalue weighted by Crippen LogP contribution is -2.40. The van der Waals surface area contributed by atoms with Gasteiger partial charge in [-0.05, 0) is 19.4 Å². The highest BCUT2D eigenvalue weighted by Crippen LogP contribution is 2.30. The van der Waals surface area contributed by atoms with Crippen molar-refractivity contribution in [3.8, 4) is 0 Å². The van der Waals surface area contributed by atoms with Crippen LogP contribution in [0, 0.1) is 0 Å². The van der Waals surface area contributed by atoms with E-state index >= 15 is 0 Å². The average molecular weight is 226 g/mol. The molecule has 0 saturated carbocycles. The second kappa shape index (κ2) is 4.27. The Hall–Kier alpha value is -0.960. The van der Waals surface area contributed by atoms with Crippen molar-refractivity contribution in [1.29, 1.82) is 0 Å². The van der Waals surface area contributed by atoms with Crippen molar-refractivity contribution in [3.05, 3.63) is 17.3 Å². The molecule has 0 spiro atoms. The Morgan fingerprint density at radius 3 is 3.20 bits per heavy atom. The number of anilines is 2. The molecule has 1 aromatic heterocycles. The summed E-state index contributed by atoms with van der Waals surface area (Å²) >= 11 is 5.92. The fraction of sp³-hybridized carbons (Fsp3) is 0.545. The maximum atomic E-state index is 5.92. The molecule has 0 bridgehead atoms. The summed E-state index contributed by atoms with van der Waals surface area (Å²) < 4.78 is 0. The van der Waals surface area contributed by atoms with Gasteiger partial charge >= 0.3 is 0 Å². The first-order valence-corrected chi connectivity index (χ1v) is 5.76. The maximum Gasteiger partial charge on any atom is 0.152 e. The molecule has 0 amide bonds. The smallest absolute Gasteiger partial charge is 0.152 e. The van der Waals surface area contributed by atoms with Gasteiger partial charge in [0, 0.05) is 25.3 Å². The third-order valence-electron chi connectivity index (χ3n) is 2.90. The predicted octanol–water partition coefficient (Wildman–Crippen LogP) is 2.77. The highest BCUT2D eigenvalue weighted by Gasteiger charge is 2.21. The van der Waals surface area contributed by atoms with E-state index in [9.17, 15) is 0 Å². The molecule has 0 saturated heterocycles. The number of rotatable bonds is 2. The zero-order valence-corrected chi connectivity index (χ0v) is 9.88. The minimum absolute atomic E-state index is 0.527. The first kappa shape index (κ1) is 10.6. The molecule has 1 aromatic rings. The topological polar surface area (TPSA) is 28.2 Å². The third-order valence-corrected chi connectivity index (χ3v) is 3.10.